The van der Waals surface area contributed by atoms with E-state index in [1.807, 2.05) is 42.1 Å². The minimum atomic E-state index is 0.112. The van der Waals surface area contributed by atoms with Gasteiger partial charge in [-0.15, -0.1) is 0 Å². The van der Waals surface area contributed by atoms with Gasteiger partial charge in [0.2, 0.25) is 0 Å². The first-order valence-electron chi connectivity index (χ1n) is 9.27. The summed E-state index contributed by atoms with van der Waals surface area (Å²) < 4.78 is 1.99. The molecule has 0 aliphatic carbocycles. The van der Waals surface area contributed by atoms with Gasteiger partial charge in [0.05, 0.1) is 0 Å². The highest BCUT2D eigenvalue weighted by Gasteiger charge is 2.19. The molecule has 4 rings (SSSR count). The Labute approximate surface area is 170 Å². The van der Waals surface area contributed by atoms with Crippen molar-refractivity contribution in [3.8, 4) is 34.2 Å². The lowest BCUT2D eigenvalue weighted by Crippen LogP contribution is -2.10. The van der Waals surface area contributed by atoms with Crippen molar-refractivity contribution in [2.24, 2.45) is 7.05 Å². The number of rotatable bonds is 3. The van der Waals surface area contributed by atoms with Crippen molar-refractivity contribution in [3.63, 3.8) is 0 Å². The summed E-state index contributed by atoms with van der Waals surface area (Å²) in [7, 11) is 1.98. The van der Waals surface area contributed by atoms with E-state index < -0.39 is 0 Å². The molecule has 142 valence electrons. The van der Waals surface area contributed by atoms with Crippen LogP contribution in [0.25, 0.3) is 34.2 Å². The molecule has 0 amide bonds. The van der Waals surface area contributed by atoms with E-state index in [0.29, 0.717) is 5.02 Å². The third-order valence-corrected chi connectivity index (χ3v) is 5.14. The fourth-order valence-corrected chi connectivity index (χ4v) is 3.35. The summed E-state index contributed by atoms with van der Waals surface area (Å²) >= 11 is 6.04. The van der Waals surface area contributed by atoms with E-state index in [4.69, 9.17) is 16.6 Å². The van der Waals surface area contributed by atoms with Gasteiger partial charge in [-0.3, -0.25) is 0 Å². The Balaban J connectivity index is 1.85. The molecule has 0 aliphatic rings. The zero-order chi connectivity index (χ0) is 19.9. The monoisotopic (exact) mass is 390 g/mol. The van der Waals surface area contributed by atoms with Crippen LogP contribution in [0.2, 0.25) is 5.02 Å². The van der Waals surface area contributed by atoms with Gasteiger partial charge in [-0.25, -0.2) is 9.97 Å². The second-order valence-corrected chi connectivity index (χ2v) is 8.44. The molecule has 0 aliphatic heterocycles. The topological polar surface area (TPSA) is 46.5 Å². The molecule has 5 heteroatoms. The Morgan fingerprint density at radius 3 is 2.14 bits per heavy atom. The Kier molecular flexibility index (Phi) is 4.60. The number of imidazole rings is 2. The lowest BCUT2D eigenvalue weighted by Gasteiger charge is -2.19. The minimum absolute atomic E-state index is 0.112. The standard InChI is InChI=1S/C23H23ClN4/c1-23(2,3)17-9-5-15(6-10-17)19-20(22-25-13-14-28(22)4)27-21(26-19)16-7-11-18(24)12-8-16/h5-14H,1-4H3,(H,26,27). The number of nitrogens with zero attached hydrogens (tertiary/aromatic N) is 3. The van der Waals surface area contributed by atoms with E-state index >= 15 is 0 Å². The second-order valence-electron chi connectivity index (χ2n) is 8.01. The maximum Gasteiger partial charge on any atom is 0.158 e. The Morgan fingerprint density at radius 2 is 1.57 bits per heavy atom. The third kappa shape index (κ3) is 3.48. The number of hydrogen-bond donors (Lipinski definition) is 1. The molecule has 4 aromatic rings. The van der Waals surface area contributed by atoms with Crippen LogP contribution in [0, 0.1) is 0 Å². The molecule has 0 spiro atoms. The number of benzene rings is 2. The van der Waals surface area contributed by atoms with Crippen LogP contribution in [0.3, 0.4) is 0 Å². The highest BCUT2D eigenvalue weighted by molar-refractivity contribution is 6.30. The van der Waals surface area contributed by atoms with E-state index in [0.717, 1.165) is 34.2 Å². The normalized spacial score (nSPS) is 11.8. The molecule has 0 saturated heterocycles. The van der Waals surface area contributed by atoms with Crippen molar-refractivity contribution in [1.82, 2.24) is 19.5 Å². The first kappa shape index (κ1) is 18.5. The van der Waals surface area contributed by atoms with E-state index in [9.17, 15) is 0 Å². The van der Waals surface area contributed by atoms with Gasteiger partial charge in [0.1, 0.15) is 17.2 Å². The van der Waals surface area contributed by atoms with Crippen molar-refractivity contribution in [2.75, 3.05) is 0 Å². The predicted molar refractivity (Wildman–Crippen MR) is 115 cm³/mol. The molecule has 0 unspecified atom stereocenters. The molecule has 2 aromatic carbocycles. The van der Waals surface area contributed by atoms with E-state index in [1.165, 1.54) is 5.56 Å². The van der Waals surface area contributed by atoms with Gasteiger partial charge >= 0.3 is 0 Å². The molecule has 0 radical (unpaired) electrons. The molecule has 0 bridgehead atoms. The Morgan fingerprint density at radius 1 is 0.929 bits per heavy atom. The molecule has 2 aromatic heterocycles. The number of aryl methyl sites for hydroxylation is 1. The molecule has 28 heavy (non-hydrogen) atoms. The van der Waals surface area contributed by atoms with Crippen molar-refractivity contribution in [2.45, 2.75) is 26.2 Å². The lowest BCUT2D eigenvalue weighted by molar-refractivity contribution is 0.590. The minimum Gasteiger partial charge on any atom is -0.335 e. The van der Waals surface area contributed by atoms with Crippen molar-refractivity contribution in [3.05, 3.63) is 71.5 Å². The number of aromatic amines is 1. The van der Waals surface area contributed by atoms with Gasteiger partial charge in [-0.1, -0.05) is 56.6 Å². The fourth-order valence-electron chi connectivity index (χ4n) is 3.22. The maximum absolute atomic E-state index is 6.04. The van der Waals surface area contributed by atoms with Crippen LogP contribution >= 0.6 is 11.6 Å². The molecule has 4 nitrogen and oxygen atoms in total. The summed E-state index contributed by atoms with van der Waals surface area (Å²) in [6.45, 7) is 6.65. The molecule has 1 N–H and O–H groups in total. The van der Waals surface area contributed by atoms with Crippen LogP contribution in [0.4, 0.5) is 0 Å². The third-order valence-electron chi connectivity index (χ3n) is 4.89. The van der Waals surface area contributed by atoms with Gasteiger partial charge in [0, 0.05) is 35.6 Å². The van der Waals surface area contributed by atoms with E-state index in [-0.39, 0.29) is 5.41 Å². The molecule has 2 heterocycles. The quantitative estimate of drug-likeness (QED) is 0.459. The lowest BCUT2D eigenvalue weighted by atomic mass is 9.86. The van der Waals surface area contributed by atoms with Crippen LogP contribution < -0.4 is 0 Å². The highest BCUT2D eigenvalue weighted by Crippen LogP contribution is 2.33. The smallest absolute Gasteiger partial charge is 0.158 e. The van der Waals surface area contributed by atoms with Gasteiger partial charge in [-0.2, -0.15) is 0 Å². The first-order valence-corrected chi connectivity index (χ1v) is 9.65. The molecule has 0 saturated carbocycles. The predicted octanol–water partition coefficient (Wildman–Crippen LogP) is 6.10. The van der Waals surface area contributed by atoms with Crippen molar-refractivity contribution >= 4 is 11.6 Å². The van der Waals surface area contributed by atoms with Crippen LogP contribution in [0.1, 0.15) is 26.3 Å². The zero-order valence-corrected chi connectivity index (χ0v) is 17.2. The number of H-pyrrole nitrogens is 1. The van der Waals surface area contributed by atoms with E-state index in [1.54, 1.807) is 6.20 Å². The van der Waals surface area contributed by atoms with Gasteiger partial charge < -0.3 is 9.55 Å². The summed E-state index contributed by atoms with van der Waals surface area (Å²) in [5.41, 5.74) is 5.24. The van der Waals surface area contributed by atoms with Crippen LogP contribution in [0.15, 0.2) is 60.9 Å². The summed E-state index contributed by atoms with van der Waals surface area (Å²) in [6.07, 6.45) is 3.73. The summed E-state index contributed by atoms with van der Waals surface area (Å²) in [5, 5.41) is 0.706. The Bertz CT molecular complexity index is 1100. The number of aromatic nitrogens is 4. The maximum atomic E-state index is 6.04. The SMILES string of the molecule is Cn1ccnc1-c1[nH]c(-c2ccc(Cl)cc2)nc1-c1ccc(C(C)(C)C)cc1. The molecular weight excluding hydrogens is 368 g/mol. The number of halogens is 1. The largest absolute Gasteiger partial charge is 0.335 e. The summed E-state index contributed by atoms with van der Waals surface area (Å²) in [5.74, 6) is 1.65. The first-order chi connectivity index (χ1) is 13.3. The van der Waals surface area contributed by atoms with E-state index in [2.05, 4.69) is 55.0 Å². The molecule has 0 atom stereocenters. The Hall–Kier alpha value is -2.85. The number of hydrogen-bond acceptors (Lipinski definition) is 2. The average molecular weight is 391 g/mol. The van der Waals surface area contributed by atoms with Crippen LogP contribution in [0.5, 0.6) is 0 Å². The van der Waals surface area contributed by atoms with Crippen LogP contribution in [-0.4, -0.2) is 19.5 Å². The molecule has 0 fully saturated rings. The van der Waals surface area contributed by atoms with Crippen molar-refractivity contribution < 1.29 is 0 Å². The van der Waals surface area contributed by atoms with Gasteiger partial charge in [-0.05, 0) is 35.2 Å². The van der Waals surface area contributed by atoms with Gasteiger partial charge in [0.25, 0.3) is 0 Å². The summed E-state index contributed by atoms with van der Waals surface area (Å²) in [6, 6.07) is 16.3. The molecular formula is C23H23ClN4. The average Bonchev–Trinajstić information content (AvgIpc) is 3.28. The zero-order valence-electron chi connectivity index (χ0n) is 16.5. The second kappa shape index (κ2) is 6.95. The fraction of sp³-hybridized carbons (Fsp3) is 0.217. The highest BCUT2D eigenvalue weighted by atomic mass is 35.5. The van der Waals surface area contributed by atoms with Crippen molar-refractivity contribution in [1.29, 1.82) is 0 Å². The van der Waals surface area contributed by atoms with Gasteiger partial charge in [0.15, 0.2) is 5.82 Å². The number of nitrogens with one attached hydrogen (secondary N) is 1. The van der Waals surface area contributed by atoms with Crippen LogP contribution in [-0.2, 0) is 12.5 Å². The summed E-state index contributed by atoms with van der Waals surface area (Å²) in [4.78, 5) is 12.9.